The van der Waals surface area contributed by atoms with Crippen LogP contribution in [0.15, 0.2) is 52.3 Å². The fourth-order valence-corrected chi connectivity index (χ4v) is 2.42. The minimum absolute atomic E-state index is 0.0125. The van der Waals surface area contributed by atoms with Gasteiger partial charge in [0.05, 0.1) is 23.0 Å². The van der Waals surface area contributed by atoms with Crippen molar-refractivity contribution in [2.45, 2.75) is 9.79 Å². The summed E-state index contributed by atoms with van der Waals surface area (Å²) in [6.45, 7) is 0. The average molecular weight is 276 g/mol. The topological polar surface area (TPSA) is 78.4 Å². The van der Waals surface area contributed by atoms with Crippen molar-refractivity contribution in [2.24, 2.45) is 0 Å². The molecule has 0 aromatic heterocycles. The Labute approximate surface area is 114 Å². The van der Waals surface area contributed by atoms with Crippen LogP contribution in [0.25, 0.3) is 0 Å². The first-order valence-electron chi connectivity index (χ1n) is 5.46. The first-order chi connectivity index (χ1) is 9.10. The Bertz CT molecular complexity index is 599. The van der Waals surface area contributed by atoms with Gasteiger partial charge in [-0.3, -0.25) is 10.1 Å². The number of benzene rings is 2. The molecule has 2 aromatic carbocycles. The van der Waals surface area contributed by atoms with Gasteiger partial charge >= 0.3 is 0 Å². The van der Waals surface area contributed by atoms with Crippen LogP contribution in [0, 0.1) is 10.1 Å². The second-order valence-corrected chi connectivity index (χ2v) is 4.88. The zero-order valence-corrected chi connectivity index (χ0v) is 11.0. The van der Waals surface area contributed by atoms with Gasteiger partial charge in [-0.15, -0.1) is 0 Å². The molecule has 0 aliphatic heterocycles. The molecule has 0 atom stereocenters. The Morgan fingerprint density at radius 3 is 2.47 bits per heavy atom. The van der Waals surface area contributed by atoms with Gasteiger partial charge in [-0.25, -0.2) is 0 Å². The molecule has 19 heavy (non-hydrogen) atoms. The Balaban J connectivity index is 2.29. The SMILES string of the molecule is COc1cc([N+](=O)[O-])ccc1Sc1ccc(N)cc1. The fraction of sp³-hybridized carbons (Fsp3) is 0.0769. The van der Waals surface area contributed by atoms with Crippen molar-refractivity contribution in [3.8, 4) is 5.75 Å². The highest BCUT2D eigenvalue weighted by atomic mass is 32.2. The molecular formula is C13H12N2O3S. The van der Waals surface area contributed by atoms with Crippen molar-refractivity contribution < 1.29 is 9.66 Å². The molecule has 2 rings (SSSR count). The van der Waals surface area contributed by atoms with E-state index in [9.17, 15) is 10.1 Å². The normalized spacial score (nSPS) is 10.2. The summed E-state index contributed by atoms with van der Waals surface area (Å²) in [7, 11) is 1.49. The second kappa shape index (κ2) is 5.62. The summed E-state index contributed by atoms with van der Waals surface area (Å²) in [5.74, 6) is 0.482. The lowest BCUT2D eigenvalue weighted by Crippen LogP contribution is -1.91. The van der Waals surface area contributed by atoms with E-state index in [4.69, 9.17) is 10.5 Å². The molecule has 98 valence electrons. The maximum absolute atomic E-state index is 10.7. The Morgan fingerprint density at radius 2 is 1.89 bits per heavy atom. The number of nitro benzene ring substituents is 1. The Morgan fingerprint density at radius 1 is 1.21 bits per heavy atom. The van der Waals surface area contributed by atoms with E-state index < -0.39 is 4.92 Å². The zero-order chi connectivity index (χ0) is 13.8. The number of rotatable bonds is 4. The van der Waals surface area contributed by atoms with Crippen LogP contribution >= 0.6 is 11.8 Å². The molecule has 0 aliphatic carbocycles. The lowest BCUT2D eigenvalue weighted by molar-refractivity contribution is -0.385. The van der Waals surface area contributed by atoms with Crippen molar-refractivity contribution in [2.75, 3.05) is 12.8 Å². The van der Waals surface area contributed by atoms with Gasteiger partial charge in [-0.1, -0.05) is 11.8 Å². The lowest BCUT2D eigenvalue weighted by atomic mass is 10.3. The first kappa shape index (κ1) is 13.2. The van der Waals surface area contributed by atoms with Gasteiger partial charge < -0.3 is 10.5 Å². The summed E-state index contributed by atoms with van der Waals surface area (Å²) in [6, 6.07) is 11.9. The van der Waals surface area contributed by atoms with Crippen LogP contribution in [-0.4, -0.2) is 12.0 Å². The summed E-state index contributed by atoms with van der Waals surface area (Å²) in [5, 5.41) is 10.7. The molecule has 0 spiro atoms. The molecule has 5 nitrogen and oxygen atoms in total. The molecule has 0 amide bonds. The van der Waals surface area contributed by atoms with E-state index in [2.05, 4.69) is 0 Å². The smallest absolute Gasteiger partial charge is 0.273 e. The van der Waals surface area contributed by atoms with E-state index in [1.807, 2.05) is 12.1 Å². The number of nitro groups is 1. The summed E-state index contributed by atoms with van der Waals surface area (Å²) in [4.78, 5) is 12.1. The monoisotopic (exact) mass is 276 g/mol. The highest BCUT2D eigenvalue weighted by molar-refractivity contribution is 7.99. The number of hydrogen-bond donors (Lipinski definition) is 1. The molecule has 0 saturated heterocycles. The molecule has 0 radical (unpaired) electrons. The minimum atomic E-state index is -0.444. The number of nitrogens with two attached hydrogens (primary N) is 1. The summed E-state index contributed by atoms with van der Waals surface area (Å²) in [5.41, 5.74) is 6.33. The fourth-order valence-electron chi connectivity index (χ4n) is 1.52. The molecule has 2 N–H and O–H groups in total. The van der Waals surface area contributed by atoms with E-state index in [1.54, 1.807) is 18.2 Å². The third-order valence-corrected chi connectivity index (χ3v) is 3.53. The van der Waals surface area contributed by atoms with Crippen molar-refractivity contribution in [3.05, 3.63) is 52.6 Å². The molecule has 0 saturated carbocycles. The van der Waals surface area contributed by atoms with Crippen molar-refractivity contribution in [1.82, 2.24) is 0 Å². The summed E-state index contributed by atoms with van der Waals surface area (Å²) < 4.78 is 5.18. The molecule has 2 aromatic rings. The van der Waals surface area contributed by atoms with E-state index in [0.29, 0.717) is 11.4 Å². The second-order valence-electron chi connectivity index (χ2n) is 3.76. The first-order valence-corrected chi connectivity index (χ1v) is 6.27. The third kappa shape index (κ3) is 3.17. The van der Waals surface area contributed by atoms with E-state index >= 15 is 0 Å². The molecule has 0 fully saturated rings. The third-order valence-electron chi connectivity index (χ3n) is 2.47. The van der Waals surface area contributed by atoms with Gasteiger partial charge in [0, 0.05) is 16.6 Å². The highest BCUT2D eigenvalue weighted by Crippen LogP contribution is 2.37. The predicted octanol–water partition coefficient (Wildman–Crippen LogP) is 3.34. The quantitative estimate of drug-likeness (QED) is 0.526. The molecule has 6 heteroatoms. The molecular weight excluding hydrogens is 264 g/mol. The molecule has 0 heterocycles. The number of nitrogen functional groups attached to an aromatic ring is 1. The van der Waals surface area contributed by atoms with Crippen LogP contribution in [0.2, 0.25) is 0 Å². The van der Waals surface area contributed by atoms with Crippen molar-refractivity contribution in [3.63, 3.8) is 0 Å². The van der Waals surface area contributed by atoms with E-state index in [1.165, 1.54) is 31.0 Å². The van der Waals surface area contributed by atoms with Gasteiger partial charge in [0.1, 0.15) is 5.75 Å². The van der Waals surface area contributed by atoms with E-state index in [0.717, 1.165) is 9.79 Å². The number of ether oxygens (including phenoxy) is 1. The maximum atomic E-state index is 10.7. The van der Waals surface area contributed by atoms with Crippen molar-refractivity contribution >= 4 is 23.1 Å². The number of non-ortho nitro benzene ring substituents is 1. The lowest BCUT2D eigenvalue weighted by Gasteiger charge is -2.08. The van der Waals surface area contributed by atoms with Crippen LogP contribution in [0.3, 0.4) is 0 Å². The van der Waals surface area contributed by atoms with Crippen LogP contribution < -0.4 is 10.5 Å². The largest absolute Gasteiger partial charge is 0.495 e. The van der Waals surface area contributed by atoms with Crippen LogP contribution in [0.5, 0.6) is 5.75 Å². The van der Waals surface area contributed by atoms with Gasteiger partial charge in [0.15, 0.2) is 0 Å². The highest BCUT2D eigenvalue weighted by Gasteiger charge is 2.12. The van der Waals surface area contributed by atoms with Crippen LogP contribution in [-0.2, 0) is 0 Å². The Hall–Kier alpha value is -2.21. The average Bonchev–Trinajstić information content (AvgIpc) is 2.41. The van der Waals surface area contributed by atoms with Gasteiger partial charge in [-0.05, 0) is 30.3 Å². The molecule has 0 aliphatic rings. The number of anilines is 1. The predicted molar refractivity (Wildman–Crippen MR) is 74.6 cm³/mol. The van der Waals surface area contributed by atoms with E-state index in [-0.39, 0.29) is 5.69 Å². The van der Waals surface area contributed by atoms with Gasteiger partial charge in [-0.2, -0.15) is 0 Å². The van der Waals surface area contributed by atoms with Crippen LogP contribution in [0.1, 0.15) is 0 Å². The molecule has 0 bridgehead atoms. The van der Waals surface area contributed by atoms with Gasteiger partial charge in [0.25, 0.3) is 5.69 Å². The standard InChI is InChI=1S/C13H12N2O3S/c1-18-12-8-10(15(16)17)4-7-13(12)19-11-5-2-9(14)3-6-11/h2-8H,14H2,1H3. The number of hydrogen-bond acceptors (Lipinski definition) is 5. The van der Waals surface area contributed by atoms with Crippen LogP contribution in [0.4, 0.5) is 11.4 Å². The Kier molecular flexibility index (Phi) is 3.91. The number of methoxy groups -OCH3 is 1. The minimum Gasteiger partial charge on any atom is -0.495 e. The van der Waals surface area contributed by atoms with Crippen molar-refractivity contribution in [1.29, 1.82) is 0 Å². The molecule has 0 unspecified atom stereocenters. The summed E-state index contributed by atoms with van der Waals surface area (Å²) in [6.07, 6.45) is 0. The summed E-state index contributed by atoms with van der Waals surface area (Å²) >= 11 is 1.46. The number of nitrogens with zero attached hydrogens (tertiary/aromatic N) is 1. The zero-order valence-electron chi connectivity index (χ0n) is 10.2. The van der Waals surface area contributed by atoms with Gasteiger partial charge in [0.2, 0.25) is 0 Å². The maximum Gasteiger partial charge on any atom is 0.273 e.